The summed E-state index contributed by atoms with van der Waals surface area (Å²) in [6.07, 6.45) is 8.09. The third-order valence-corrected chi connectivity index (χ3v) is 4.36. The third-order valence-electron chi connectivity index (χ3n) is 4.36. The van der Waals surface area contributed by atoms with Gasteiger partial charge in [-0.1, -0.05) is 6.92 Å². The van der Waals surface area contributed by atoms with Crippen LogP contribution in [0.4, 0.5) is 5.82 Å². The Morgan fingerprint density at radius 3 is 2.92 bits per heavy atom. The molecule has 0 amide bonds. The normalized spacial score (nSPS) is 12.8. The number of nitrogens with two attached hydrogens (primary N) is 1. The van der Waals surface area contributed by atoms with Gasteiger partial charge in [-0.05, 0) is 29.7 Å². The number of hydrogen-bond acceptors (Lipinski definition) is 5. The van der Waals surface area contributed by atoms with Crippen molar-refractivity contribution in [3.05, 3.63) is 54.4 Å². The van der Waals surface area contributed by atoms with Crippen LogP contribution in [0.2, 0.25) is 0 Å². The predicted octanol–water partition coefficient (Wildman–Crippen LogP) is 2.84. The molecule has 1 atom stereocenters. The first-order valence-corrected chi connectivity index (χ1v) is 7.89. The Balaban J connectivity index is 1.72. The second-order valence-corrected chi connectivity index (χ2v) is 6.09. The number of hydrogen-bond donors (Lipinski definition) is 1. The van der Waals surface area contributed by atoms with Crippen LogP contribution in [0.3, 0.4) is 0 Å². The molecule has 0 aliphatic rings. The van der Waals surface area contributed by atoms with Crippen LogP contribution in [-0.2, 0) is 13.5 Å². The summed E-state index contributed by atoms with van der Waals surface area (Å²) >= 11 is 0. The maximum atomic E-state index is 6.07. The summed E-state index contributed by atoms with van der Waals surface area (Å²) in [7, 11) is 2.02. The molecular weight excluding hydrogens is 300 g/mol. The molecule has 4 aromatic rings. The standard InChI is InChI=1S/C18H18N6/c1-11(14-10-24(2)18-12(14)4-3-6-21-18)8-16-22-15-9-20-7-5-13(15)17(19)23-16/h3-7,9-11H,8H2,1-2H3,(H2,19,22,23). The molecule has 0 saturated heterocycles. The van der Waals surface area contributed by atoms with Gasteiger partial charge in [-0.25, -0.2) is 15.0 Å². The highest BCUT2D eigenvalue weighted by Gasteiger charge is 2.16. The fourth-order valence-corrected chi connectivity index (χ4v) is 3.17. The molecule has 24 heavy (non-hydrogen) atoms. The molecule has 0 radical (unpaired) electrons. The van der Waals surface area contributed by atoms with E-state index in [1.807, 2.05) is 25.4 Å². The van der Waals surface area contributed by atoms with Crippen molar-refractivity contribution in [3.8, 4) is 0 Å². The molecule has 6 nitrogen and oxygen atoms in total. The van der Waals surface area contributed by atoms with E-state index in [0.717, 1.165) is 22.4 Å². The SMILES string of the molecule is CC(Cc1nc(N)c2ccncc2n1)c1cn(C)c2ncccc12. The molecular formula is C18H18N6. The van der Waals surface area contributed by atoms with Crippen LogP contribution in [0, 0.1) is 0 Å². The first-order valence-electron chi connectivity index (χ1n) is 7.89. The first kappa shape index (κ1) is 14.6. The second-order valence-electron chi connectivity index (χ2n) is 6.09. The van der Waals surface area contributed by atoms with Gasteiger partial charge < -0.3 is 10.3 Å². The van der Waals surface area contributed by atoms with E-state index in [1.54, 1.807) is 12.4 Å². The van der Waals surface area contributed by atoms with Gasteiger partial charge in [0.1, 0.15) is 17.3 Å². The van der Waals surface area contributed by atoms with Crippen LogP contribution >= 0.6 is 0 Å². The topological polar surface area (TPSA) is 82.5 Å². The summed E-state index contributed by atoms with van der Waals surface area (Å²) in [6.45, 7) is 2.18. The predicted molar refractivity (Wildman–Crippen MR) is 94.6 cm³/mol. The van der Waals surface area contributed by atoms with E-state index in [4.69, 9.17) is 5.73 Å². The first-order chi connectivity index (χ1) is 11.6. The Kier molecular flexibility index (Phi) is 3.37. The molecule has 0 saturated carbocycles. The Hall–Kier alpha value is -3.02. The van der Waals surface area contributed by atoms with Crippen LogP contribution in [-0.4, -0.2) is 24.5 Å². The Bertz CT molecular complexity index is 1040. The average molecular weight is 318 g/mol. The second kappa shape index (κ2) is 5.56. The van der Waals surface area contributed by atoms with Crippen molar-refractivity contribution in [2.45, 2.75) is 19.3 Å². The van der Waals surface area contributed by atoms with E-state index in [0.29, 0.717) is 12.2 Å². The van der Waals surface area contributed by atoms with Gasteiger partial charge in [0, 0.05) is 42.8 Å². The Morgan fingerprint density at radius 2 is 2.04 bits per heavy atom. The number of aromatic nitrogens is 5. The zero-order valence-corrected chi connectivity index (χ0v) is 13.6. The van der Waals surface area contributed by atoms with Gasteiger partial charge in [0.2, 0.25) is 0 Å². The molecule has 0 bridgehead atoms. The van der Waals surface area contributed by atoms with Crippen LogP contribution < -0.4 is 5.73 Å². The zero-order valence-electron chi connectivity index (χ0n) is 13.6. The highest BCUT2D eigenvalue weighted by molar-refractivity contribution is 5.87. The van der Waals surface area contributed by atoms with Crippen LogP contribution in [0.1, 0.15) is 24.2 Å². The monoisotopic (exact) mass is 318 g/mol. The minimum atomic E-state index is 0.256. The minimum absolute atomic E-state index is 0.256. The van der Waals surface area contributed by atoms with E-state index in [-0.39, 0.29) is 5.92 Å². The lowest BCUT2D eigenvalue weighted by molar-refractivity contribution is 0.723. The van der Waals surface area contributed by atoms with E-state index in [9.17, 15) is 0 Å². The van der Waals surface area contributed by atoms with Crippen LogP contribution in [0.15, 0.2) is 43.0 Å². The van der Waals surface area contributed by atoms with Gasteiger partial charge in [0.05, 0.1) is 11.7 Å². The number of nitrogens with zero attached hydrogens (tertiary/aromatic N) is 5. The summed E-state index contributed by atoms with van der Waals surface area (Å²) < 4.78 is 2.06. The number of anilines is 1. The number of fused-ring (bicyclic) bond motifs is 2. The quantitative estimate of drug-likeness (QED) is 0.628. The summed E-state index contributed by atoms with van der Waals surface area (Å²) in [5, 5.41) is 2.01. The van der Waals surface area contributed by atoms with Gasteiger partial charge >= 0.3 is 0 Å². The summed E-state index contributed by atoms with van der Waals surface area (Å²) in [5.41, 5.74) is 9.09. The fraction of sp³-hybridized carbons (Fsp3) is 0.222. The number of nitrogen functional groups attached to an aromatic ring is 1. The van der Waals surface area contributed by atoms with Gasteiger partial charge in [-0.3, -0.25) is 4.98 Å². The van der Waals surface area contributed by atoms with Crippen molar-refractivity contribution in [1.29, 1.82) is 0 Å². The van der Waals surface area contributed by atoms with E-state index >= 15 is 0 Å². The van der Waals surface area contributed by atoms with E-state index < -0.39 is 0 Å². The highest BCUT2D eigenvalue weighted by Crippen LogP contribution is 2.28. The Morgan fingerprint density at radius 1 is 1.17 bits per heavy atom. The third kappa shape index (κ3) is 2.36. The molecule has 0 aliphatic carbocycles. The molecule has 120 valence electrons. The zero-order chi connectivity index (χ0) is 16.7. The largest absolute Gasteiger partial charge is 0.383 e. The summed E-state index contributed by atoms with van der Waals surface area (Å²) in [4.78, 5) is 17.7. The molecule has 1 unspecified atom stereocenters. The lowest BCUT2D eigenvalue weighted by Gasteiger charge is -2.11. The lowest BCUT2D eigenvalue weighted by atomic mass is 9.97. The maximum Gasteiger partial charge on any atom is 0.139 e. The maximum absolute atomic E-state index is 6.07. The smallest absolute Gasteiger partial charge is 0.139 e. The van der Waals surface area contributed by atoms with Crippen LogP contribution in [0.25, 0.3) is 21.9 Å². The summed E-state index contributed by atoms with van der Waals surface area (Å²) in [5.74, 6) is 1.50. The van der Waals surface area contributed by atoms with Crippen molar-refractivity contribution in [3.63, 3.8) is 0 Å². The molecule has 6 heteroatoms. The number of aryl methyl sites for hydroxylation is 1. The number of pyridine rings is 2. The molecule has 0 aromatic carbocycles. The lowest BCUT2D eigenvalue weighted by Crippen LogP contribution is -2.06. The molecule has 4 rings (SSSR count). The van der Waals surface area contributed by atoms with Gasteiger partial charge in [-0.15, -0.1) is 0 Å². The number of rotatable bonds is 3. The van der Waals surface area contributed by atoms with Gasteiger partial charge in [-0.2, -0.15) is 0 Å². The van der Waals surface area contributed by atoms with Crippen molar-refractivity contribution in [2.75, 3.05) is 5.73 Å². The minimum Gasteiger partial charge on any atom is -0.383 e. The van der Waals surface area contributed by atoms with Crippen LogP contribution in [0.5, 0.6) is 0 Å². The average Bonchev–Trinajstić information content (AvgIpc) is 2.92. The van der Waals surface area contributed by atoms with Gasteiger partial charge in [0.15, 0.2) is 0 Å². The molecule has 4 aromatic heterocycles. The summed E-state index contributed by atoms with van der Waals surface area (Å²) in [6, 6.07) is 5.91. The van der Waals surface area contributed by atoms with Gasteiger partial charge in [0.25, 0.3) is 0 Å². The van der Waals surface area contributed by atoms with E-state index in [1.165, 1.54) is 10.9 Å². The van der Waals surface area contributed by atoms with Crippen molar-refractivity contribution in [2.24, 2.45) is 7.05 Å². The van der Waals surface area contributed by atoms with Crippen molar-refractivity contribution >= 4 is 27.8 Å². The Labute approximate surface area is 139 Å². The van der Waals surface area contributed by atoms with Crippen molar-refractivity contribution in [1.82, 2.24) is 24.5 Å². The van der Waals surface area contributed by atoms with E-state index in [2.05, 4.69) is 43.7 Å². The van der Waals surface area contributed by atoms with Crippen molar-refractivity contribution < 1.29 is 0 Å². The molecule has 2 N–H and O–H groups in total. The molecule has 0 spiro atoms. The molecule has 0 aliphatic heterocycles. The molecule has 0 fully saturated rings. The molecule has 4 heterocycles. The highest BCUT2D eigenvalue weighted by atomic mass is 15.0. The fourth-order valence-electron chi connectivity index (χ4n) is 3.17.